The van der Waals surface area contributed by atoms with Crippen molar-refractivity contribution in [2.45, 2.75) is 13.8 Å². The Kier molecular flexibility index (Phi) is 11.1. The molecule has 1 aromatic carbocycles. The van der Waals surface area contributed by atoms with Crippen LogP contribution in [0.5, 0.6) is 0 Å². The molecule has 0 unspecified atom stereocenters. The van der Waals surface area contributed by atoms with Crippen LogP contribution < -0.4 is 11.2 Å². The van der Waals surface area contributed by atoms with Crippen molar-refractivity contribution in [3.05, 3.63) is 35.1 Å². The molecule has 0 aromatic heterocycles. The van der Waals surface area contributed by atoms with Gasteiger partial charge in [-0.3, -0.25) is 0 Å². The fourth-order valence-corrected chi connectivity index (χ4v) is 0.795. The van der Waals surface area contributed by atoms with Crippen LogP contribution in [-0.4, -0.2) is 12.3 Å². The predicted octanol–water partition coefficient (Wildman–Crippen LogP) is 1.57. The first kappa shape index (κ1) is 15.9. The van der Waals surface area contributed by atoms with Gasteiger partial charge in [0.25, 0.3) is 0 Å². The highest BCUT2D eigenvalue weighted by molar-refractivity contribution is 5.22. The van der Waals surface area contributed by atoms with Gasteiger partial charge in [0.15, 0.2) is 0 Å². The summed E-state index contributed by atoms with van der Waals surface area (Å²) >= 11 is 0. The lowest BCUT2D eigenvalue weighted by Crippen LogP contribution is -1.91. The normalized spacial score (nSPS) is 7.47. The van der Waals surface area contributed by atoms with Crippen molar-refractivity contribution >= 4 is 0 Å². The lowest BCUT2D eigenvalue weighted by Gasteiger charge is -1.95. The van der Waals surface area contributed by atoms with E-state index in [1.165, 1.54) is 13.1 Å². The molecule has 0 saturated heterocycles. The van der Waals surface area contributed by atoms with Crippen LogP contribution in [0.15, 0.2) is 18.2 Å². The number of hydrogen-bond acceptors (Lipinski definition) is 3. The van der Waals surface area contributed by atoms with Crippen LogP contribution >= 0.6 is 0 Å². The highest BCUT2D eigenvalue weighted by Crippen LogP contribution is 2.06. The molecule has 1 aromatic rings. The Morgan fingerprint density at radius 2 is 1.87 bits per heavy atom. The minimum atomic E-state index is -0.124. The topological polar surface area (TPSA) is 58.3 Å². The minimum absolute atomic E-state index is 0.124. The summed E-state index contributed by atoms with van der Waals surface area (Å²) in [5, 5.41) is 7.32. The second-order valence-corrected chi connectivity index (χ2v) is 2.64. The van der Waals surface area contributed by atoms with Crippen molar-refractivity contribution in [2.75, 3.05) is 7.05 Å². The van der Waals surface area contributed by atoms with Gasteiger partial charge in [0, 0.05) is 7.05 Å². The molecule has 3 nitrogen and oxygen atoms in total. The van der Waals surface area contributed by atoms with Crippen LogP contribution in [0.4, 0.5) is 4.39 Å². The van der Waals surface area contributed by atoms with Gasteiger partial charge >= 0.3 is 0 Å². The van der Waals surface area contributed by atoms with Gasteiger partial charge in [-0.25, -0.2) is 9.87 Å². The van der Waals surface area contributed by atoms with Crippen molar-refractivity contribution < 1.29 is 9.60 Å². The SMILES string of the molecule is C#CN.CNO.Cc1ccc(F)c(C)c1. The van der Waals surface area contributed by atoms with Crippen LogP contribution in [0.3, 0.4) is 0 Å². The number of hydrogen-bond donors (Lipinski definition) is 3. The molecule has 0 spiro atoms. The minimum Gasteiger partial charge on any atom is -0.360 e. The Morgan fingerprint density at radius 3 is 2.13 bits per heavy atom. The van der Waals surface area contributed by atoms with Gasteiger partial charge in [-0.2, -0.15) is 0 Å². The molecule has 0 fully saturated rings. The van der Waals surface area contributed by atoms with E-state index in [2.05, 4.69) is 12.2 Å². The zero-order chi connectivity index (χ0) is 12.3. The average Bonchev–Trinajstić information content (AvgIpc) is 2.14. The maximum Gasteiger partial charge on any atom is 0.126 e. The number of nitrogens with one attached hydrogen (secondary N) is 1. The van der Waals surface area contributed by atoms with Gasteiger partial charge in [-0.15, -0.1) is 0 Å². The number of aryl methyl sites for hydroxylation is 2. The third-order valence-corrected chi connectivity index (χ3v) is 1.31. The average molecular weight is 212 g/mol. The lowest BCUT2D eigenvalue weighted by atomic mass is 10.1. The van der Waals surface area contributed by atoms with E-state index in [4.69, 9.17) is 5.21 Å². The van der Waals surface area contributed by atoms with Gasteiger partial charge in [0.2, 0.25) is 0 Å². The monoisotopic (exact) mass is 212 g/mol. The van der Waals surface area contributed by atoms with Crippen LogP contribution in [0.1, 0.15) is 11.1 Å². The summed E-state index contributed by atoms with van der Waals surface area (Å²) in [6.07, 6.45) is 4.38. The summed E-state index contributed by atoms with van der Waals surface area (Å²) < 4.78 is 12.5. The van der Waals surface area contributed by atoms with Crippen LogP contribution in [0.2, 0.25) is 0 Å². The number of rotatable bonds is 0. The number of benzene rings is 1. The molecule has 0 radical (unpaired) electrons. The van der Waals surface area contributed by atoms with E-state index in [9.17, 15) is 4.39 Å². The highest BCUT2D eigenvalue weighted by atomic mass is 19.1. The fraction of sp³-hybridized carbons (Fsp3) is 0.273. The highest BCUT2D eigenvalue weighted by Gasteiger charge is 1.93. The summed E-state index contributed by atoms with van der Waals surface area (Å²) in [5.41, 5.74) is 7.95. The summed E-state index contributed by atoms with van der Waals surface area (Å²) in [6.45, 7) is 3.72. The van der Waals surface area contributed by atoms with E-state index in [1.807, 2.05) is 13.0 Å². The molecule has 0 atom stereocenters. The van der Waals surface area contributed by atoms with Crippen LogP contribution in [0, 0.1) is 32.1 Å². The summed E-state index contributed by atoms with van der Waals surface area (Å²) in [5.74, 6) is -0.124. The molecule has 0 heterocycles. The molecule has 0 amide bonds. The molecule has 4 heteroatoms. The summed E-state index contributed by atoms with van der Waals surface area (Å²) in [7, 11) is 1.43. The van der Waals surface area contributed by atoms with Crippen molar-refractivity contribution in [1.29, 1.82) is 0 Å². The van der Waals surface area contributed by atoms with E-state index in [1.54, 1.807) is 24.5 Å². The van der Waals surface area contributed by atoms with Gasteiger partial charge in [0.1, 0.15) is 5.82 Å². The Morgan fingerprint density at radius 1 is 1.47 bits per heavy atom. The third-order valence-electron chi connectivity index (χ3n) is 1.31. The maximum absolute atomic E-state index is 12.5. The van der Waals surface area contributed by atoms with Gasteiger partial charge in [0.05, 0.1) is 0 Å². The van der Waals surface area contributed by atoms with Gasteiger partial charge < -0.3 is 10.9 Å². The quantitative estimate of drug-likeness (QED) is 0.347. The first-order chi connectivity index (χ1) is 7.03. The van der Waals surface area contributed by atoms with Crippen LogP contribution in [0.25, 0.3) is 0 Å². The first-order valence-corrected chi connectivity index (χ1v) is 4.23. The second kappa shape index (κ2) is 10.5. The smallest absolute Gasteiger partial charge is 0.126 e. The zero-order valence-electron chi connectivity index (χ0n) is 9.21. The van der Waals surface area contributed by atoms with E-state index < -0.39 is 0 Å². The summed E-state index contributed by atoms with van der Waals surface area (Å²) in [4.78, 5) is 0. The Hall–Kier alpha value is -1.57. The Labute approximate surface area is 90.1 Å². The summed E-state index contributed by atoms with van der Waals surface area (Å²) in [6, 6.07) is 6.84. The van der Waals surface area contributed by atoms with Gasteiger partial charge in [-0.05, 0) is 31.5 Å². The number of terminal acetylenes is 1. The molecule has 0 saturated carbocycles. The van der Waals surface area contributed by atoms with Gasteiger partial charge in [-0.1, -0.05) is 24.1 Å². The first-order valence-electron chi connectivity index (χ1n) is 4.23. The van der Waals surface area contributed by atoms with E-state index >= 15 is 0 Å². The standard InChI is InChI=1S/C8H9F.C2H3N.CH5NO/c1-6-3-4-8(9)7(2)5-6;2*1-2-3/h3-5H,1-2H3;1H,3H2;2-3H,1H3. The molecule has 0 aliphatic carbocycles. The van der Waals surface area contributed by atoms with Crippen molar-refractivity contribution in [3.8, 4) is 12.5 Å². The van der Waals surface area contributed by atoms with E-state index in [-0.39, 0.29) is 5.82 Å². The van der Waals surface area contributed by atoms with Crippen LogP contribution in [-0.2, 0) is 0 Å². The molecular weight excluding hydrogens is 195 g/mol. The van der Waals surface area contributed by atoms with Crippen molar-refractivity contribution in [1.82, 2.24) is 5.48 Å². The fourth-order valence-electron chi connectivity index (χ4n) is 0.795. The zero-order valence-corrected chi connectivity index (χ0v) is 9.21. The van der Waals surface area contributed by atoms with E-state index in [0.717, 1.165) is 11.1 Å². The largest absolute Gasteiger partial charge is 0.360 e. The van der Waals surface area contributed by atoms with Crippen molar-refractivity contribution in [2.24, 2.45) is 5.73 Å². The predicted molar refractivity (Wildman–Crippen MR) is 59.7 cm³/mol. The molecular formula is C11H17FN2O. The third kappa shape index (κ3) is 10.4. The Balaban J connectivity index is 0. The Bertz CT molecular complexity index is 308. The number of halogens is 1. The molecule has 84 valence electrons. The molecule has 1 rings (SSSR count). The number of nitrogens with two attached hydrogens (primary N) is 1. The molecule has 15 heavy (non-hydrogen) atoms. The molecule has 0 aliphatic heterocycles. The molecule has 0 bridgehead atoms. The molecule has 4 N–H and O–H groups in total. The lowest BCUT2D eigenvalue weighted by molar-refractivity contribution is 0.194. The molecule has 0 aliphatic rings. The van der Waals surface area contributed by atoms with E-state index in [0.29, 0.717) is 0 Å². The van der Waals surface area contributed by atoms with Crippen molar-refractivity contribution in [3.63, 3.8) is 0 Å². The second-order valence-electron chi connectivity index (χ2n) is 2.64. The number of hydroxylamine groups is 1. The maximum atomic E-state index is 12.5.